The van der Waals surface area contributed by atoms with Crippen molar-refractivity contribution >= 4 is 17.9 Å². The average Bonchev–Trinajstić information content (AvgIpc) is 3.11. The molecule has 0 aromatic heterocycles. The molecule has 0 aliphatic rings. The number of ether oxygens (including phenoxy) is 3. The maximum atomic E-state index is 12.6. The predicted molar refractivity (Wildman–Crippen MR) is 220 cm³/mol. The zero-order valence-corrected chi connectivity index (χ0v) is 35.0. The van der Waals surface area contributed by atoms with Gasteiger partial charge in [-0.15, -0.1) is 0 Å². The van der Waals surface area contributed by atoms with Crippen molar-refractivity contribution in [2.75, 3.05) is 41.0 Å². The Bertz CT molecular complexity index is 968. The molecule has 0 saturated heterocycles. The first-order valence-corrected chi connectivity index (χ1v) is 21.5. The Balaban J connectivity index is 4.17. The standard InChI is InChI=1S/C45H81NO7/c1-6-8-10-12-14-16-17-18-19-20-21-22-23-24-25-26-27-28-30-31-33-35-43(47)52-40-41(39-51-38-37-42(45(49)50)46(3,4)5)53-44(48)36-34-32-29-15-13-11-9-7-2/h8,10,14,16,29,32,41-42H,6-7,9,11-13,15,17-28,30-31,33-40H2,1-5H3/p+1/b10-8+,16-14+,32-29+. The summed E-state index contributed by atoms with van der Waals surface area (Å²) in [6.45, 7) is 4.55. The van der Waals surface area contributed by atoms with Gasteiger partial charge in [0.25, 0.3) is 0 Å². The van der Waals surface area contributed by atoms with E-state index in [4.69, 9.17) is 14.2 Å². The molecule has 0 aliphatic carbocycles. The maximum Gasteiger partial charge on any atom is 0.362 e. The lowest BCUT2D eigenvalue weighted by Gasteiger charge is -2.31. The minimum atomic E-state index is -0.881. The molecule has 0 aliphatic heterocycles. The summed E-state index contributed by atoms with van der Waals surface area (Å²) in [6, 6.07) is -0.617. The van der Waals surface area contributed by atoms with Crippen LogP contribution in [-0.4, -0.2) is 80.6 Å². The number of quaternary nitrogens is 1. The van der Waals surface area contributed by atoms with Crippen molar-refractivity contribution in [3.63, 3.8) is 0 Å². The van der Waals surface area contributed by atoms with Crippen molar-refractivity contribution in [1.82, 2.24) is 0 Å². The highest BCUT2D eigenvalue weighted by Crippen LogP contribution is 2.15. The summed E-state index contributed by atoms with van der Waals surface area (Å²) in [6.07, 6.45) is 40.8. The zero-order valence-electron chi connectivity index (χ0n) is 35.0. The number of nitrogens with zero attached hydrogens (tertiary/aromatic N) is 1. The van der Waals surface area contributed by atoms with Gasteiger partial charge in [-0.2, -0.15) is 0 Å². The third-order valence-corrected chi connectivity index (χ3v) is 9.54. The lowest BCUT2D eigenvalue weighted by Crippen LogP contribution is -2.50. The van der Waals surface area contributed by atoms with Crippen LogP contribution in [0.4, 0.5) is 0 Å². The van der Waals surface area contributed by atoms with E-state index in [2.05, 4.69) is 44.2 Å². The van der Waals surface area contributed by atoms with E-state index in [1.54, 1.807) is 0 Å². The summed E-state index contributed by atoms with van der Waals surface area (Å²) in [5.41, 5.74) is 0. The fraction of sp³-hybridized carbons (Fsp3) is 0.800. The number of carbonyl (C=O) groups excluding carboxylic acids is 2. The van der Waals surface area contributed by atoms with Crippen LogP contribution in [-0.2, 0) is 28.6 Å². The number of hydrogen-bond acceptors (Lipinski definition) is 6. The first-order chi connectivity index (χ1) is 25.6. The fourth-order valence-electron chi connectivity index (χ4n) is 6.21. The SMILES string of the molecule is CC/C=C/C/C=C/CCCCCCCCCCCCCCCCC(=O)OCC(COCCC(C(=O)O)[N+](C)(C)C)OC(=O)CC/C=C/CCCCCC. The van der Waals surface area contributed by atoms with E-state index in [1.165, 1.54) is 96.3 Å². The Morgan fingerprint density at radius 3 is 1.64 bits per heavy atom. The van der Waals surface area contributed by atoms with Gasteiger partial charge in [0.05, 0.1) is 34.4 Å². The molecule has 2 atom stereocenters. The molecule has 1 N–H and O–H groups in total. The Hall–Kier alpha value is -2.45. The summed E-state index contributed by atoms with van der Waals surface area (Å²) < 4.78 is 17.2. The van der Waals surface area contributed by atoms with Gasteiger partial charge in [-0.25, -0.2) is 4.79 Å². The normalized spacial score (nSPS) is 13.3. The second-order valence-corrected chi connectivity index (χ2v) is 15.6. The smallest absolute Gasteiger partial charge is 0.362 e. The summed E-state index contributed by atoms with van der Waals surface area (Å²) in [4.78, 5) is 36.8. The number of allylic oxidation sites excluding steroid dienone is 6. The number of carbonyl (C=O) groups is 3. The van der Waals surface area contributed by atoms with E-state index in [0.717, 1.165) is 44.9 Å². The van der Waals surface area contributed by atoms with E-state index in [9.17, 15) is 19.5 Å². The largest absolute Gasteiger partial charge is 0.477 e. The average molecular weight is 749 g/mol. The second kappa shape index (κ2) is 36.5. The molecule has 0 aromatic rings. The van der Waals surface area contributed by atoms with Gasteiger partial charge >= 0.3 is 17.9 Å². The van der Waals surface area contributed by atoms with Crippen molar-refractivity contribution in [3.05, 3.63) is 36.5 Å². The van der Waals surface area contributed by atoms with Crippen molar-refractivity contribution in [2.24, 2.45) is 0 Å². The molecule has 0 aromatic carbocycles. The molecule has 53 heavy (non-hydrogen) atoms. The van der Waals surface area contributed by atoms with Crippen LogP contribution in [0.15, 0.2) is 36.5 Å². The predicted octanol–water partition coefficient (Wildman–Crippen LogP) is 11.5. The van der Waals surface area contributed by atoms with E-state index >= 15 is 0 Å². The highest BCUT2D eigenvalue weighted by Gasteiger charge is 2.31. The van der Waals surface area contributed by atoms with Gasteiger partial charge in [-0.3, -0.25) is 9.59 Å². The second-order valence-electron chi connectivity index (χ2n) is 15.6. The fourth-order valence-corrected chi connectivity index (χ4v) is 6.21. The molecule has 0 heterocycles. The van der Waals surface area contributed by atoms with Crippen LogP contribution in [0.1, 0.15) is 181 Å². The monoisotopic (exact) mass is 749 g/mol. The van der Waals surface area contributed by atoms with E-state index < -0.39 is 18.1 Å². The van der Waals surface area contributed by atoms with Gasteiger partial charge in [0, 0.05) is 19.3 Å². The van der Waals surface area contributed by atoms with Gasteiger partial charge in [0.15, 0.2) is 12.1 Å². The molecule has 0 rings (SSSR count). The van der Waals surface area contributed by atoms with Crippen molar-refractivity contribution < 1.29 is 38.2 Å². The summed E-state index contributed by atoms with van der Waals surface area (Å²) in [7, 11) is 5.51. The Kier molecular flexibility index (Phi) is 34.8. The molecule has 0 saturated carbocycles. The molecule has 8 heteroatoms. The number of carboxylic acids is 1. The summed E-state index contributed by atoms with van der Waals surface area (Å²) in [5, 5.41) is 9.58. The minimum Gasteiger partial charge on any atom is -0.477 e. The zero-order chi connectivity index (χ0) is 39.3. The van der Waals surface area contributed by atoms with Gasteiger partial charge < -0.3 is 23.8 Å². The van der Waals surface area contributed by atoms with Gasteiger partial charge in [-0.1, -0.05) is 147 Å². The number of esters is 2. The van der Waals surface area contributed by atoms with E-state index in [-0.39, 0.29) is 42.7 Å². The lowest BCUT2D eigenvalue weighted by molar-refractivity contribution is -0.887. The van der Waals surface area contributed by atoms with E-state index in [0.29, 0.717) is 19.3 Å². The first kappa shape index (κ1) is 50.5. The van der Waals surface area contributed by atoms with Crippen molar-refractivity contribution in [1.29, 1.82) is 0 Å². The van der Waals surface area contributed by atoms with Gasteiger partial charge in [0.2, 0.25) is 0 Å². The van der Waals surface area contributed by atoms with Crippen LogP contribution in [0, 0.1) is 0 Å². The number of aliphatic carboxylic acids is 1. The molecule has 0 radical (unpaired) electrons. The molecular weight excluding hydrogens is 666 g/mol. The topological polar surface area (TPSA) is 99.1 Å². The number of carboxylic acid groups (broad SMARTS) is 1. The highest BCUT2D eigenvalue weighted by molar-refractivity contribution is 5.72. The molecule has 0 spiro atoms. The van der Waals surface area contributed by atoms with Crippen molar-refractivity contribution in [2.45, 2.75) is 193 Å². The quantitative estimate of drug-likeness (QED) is 0.0290. The molecule has 308 valence electrons. The maximum absolute atomic E-state index is 12.6. The van der Waals surface area contributed by atoms with Crippen LogP contribution < -0.4 is 0 Å². The third-order valence-electron chi connectivity index (χ3n) is 9.54. The highest BCUT2D eigenvalue weighted by atomic mass is 16.6. The Morgan fingerprint density at radius 1 is 0.585 bits per heavy atom. The Morgan fingerprint density at radius 2 is 1.09 bits per heavy atom. The summed E-state index contributed by atoms with van der Waals surface area (Å²) in [5.74, 6) is -1.53. The molecule has 0 amide bonds. The minimum absolute atomic E-state index is 0.0472. The van der Waals surface area contributed by atoms with Crippen LogP contribution >= 0.6 is 0 Å². The number of likely N-dealkylation sites (N-methyl/N-ethyl adjacent to an activating group) is 1. The Labute approximate surface area is 325 Å². The lowest BCUT2D eigenvalue weighted by atomic mass is 10.0. The van der Waals surface area contributed by atoms with E-state index in [1.807, 2.05) is 27.2 Å². The molecule has 8 nitrogen and oxygen atoms in total. The summed E-state index contributed by atoms with van der Waals surface area (Å²) >= 11 is 0. The number of rotatable bonds is 38. The molecular formula is C45H82NO7+. The van der Waals surface area contributed by atoms with Crippen LogP contribution in [0.5, 0.6) is 0 Å². The number of hydrogen-bond donors (Lipinski definition) is 1. The molecule has 0 bridgehead atoms. The van der Waals surface area contributed by atoms with Crippen LogP contribution in [0.3, 0.4) is 0 Å². The van der Waals surface area contributed by atoms with Crippen molar-refractivity contribution in [3.8, 4) is 0 Å². The van der Waals surface area contributed by atoms with Crippen LogP contribution in [0.25, 0.3) is 0 Å². The molecule has 2 unspecified atom stereocenters. The first-order valence-electron chi connectivity index (χ1n) is 21.5. The number of unbranched alkanes of at least 4 members (excludes halogenated alkanes) is 18. The van der Waals surface area contributed by atoms with Crippen LogP contribution in [0.2, 0.25) is 0 Å². The third kappa shape index (κ3) is 35.0. The van der Waals surface area contributed by atoms with Gasteiger partial charge in [0.1, 0.15) is 6.61 Å². The molecule has 0 fully saturated rings. The van der Waals surface area contributed by atoms with Gasteiger partial charge in [-0.05, 0) is 51.4 Å².